The predicted molar refractivity (Wildman–Crippen MR) is 107 cm³/mol. The minimum absolute atomic E-state index is 0.0934. The summed E-state index contributed by atoms with van der Waals surface area (Å²) in [5, 5.41) is 11.7. The molecule has 2 aliphatic heterocycles. The second-order valence-electron chi connectivity index (χ2n) is 7.81. The van der Waals surface area contributed by atoms with Gasteiger partial charge in [0.1, 0.15) is 11.8 Å². The topological polar surface area (TPSA) is 95.4 Å². The summed E-state index contributed by atoms with van der Waals surface area (Å²) in [5.74, 6) is 0.557. The number of pyridine rings is 1. The van der Waals surface area contributed by atoms with E-state index in [-0.39, 0.29) is 28.6 Å². The second kappa shape index (κ2) is 6.77. The Kier molecular flexibility index (Phi) is 4.20. The van der Waals surface area contributed by atoms with Crippen LogP contribution in [0.25, 0.3) is 16.9 Å². The number of alkyl halides is 1. The van der Waals surface area contributed by atoms with Crippen LogP contribution in [0.5, 0.6) is 0 Å². The number of aromatic nitrogens is 4. The van der Waals surface area contributed by atoms with Gasteiger partial charge in [-0.3, -0.25) is 14.0 Å². The number of aromatic amines is 1. The molecule has 150 valence electrons. The van der Waals surface area contributed by atoms with Gasteiger partial charge in [0.05, 0.1) is 17.3 Å². The van der Waals surface area contributed by atoms with E-state index >= 15 is 0 Å². The Morgan fingerprint density at radius 1 is 1.21 bits per heavy atom. The number of fused-ring (bicyclic) bond motifs is 3. The molecule has 4 atom stereocenters. The monoisotopic (exact) mass is 396 g/mol. The molecule has 0 radical (unpaired) electrons. The smallest absolute Gasteiger partial charge is 0.257 e. The summed E-state index contributed by atoms with van der Waals surface area (Å²) in [7, 11) is 1.83. The lowest BCUT2D eigenvalue weighted by atomic mass is 9.96. The molecule has 2 saturated heterocycles. The molecule has 9 heteroatoms. The maximum Gasteiger partial charge on any atom is 0.257 e. The number of halogens is 1. The third-order valence-electron chi connectivity index (χ3n) is 6.08. The predicted octanol–water partition coefficient (Wildman–Crippen LogP) is 1.11. The van der Waals surface area contributed by atoms with Gasteiger partial charge in [-0.05, 0) is 31.4 Å². The zero-order valence-corrected chi connectivity index (χ0v) is 15.9. The fraction of sp³-hybridized carbons (Fsp3) is 0.400. The molecule has 2 N–H and O–H groups in total. The molecule has 3 aromatic heterocycles. The number of hydrogen-bond acceptors (Lipinski definition) is 6. The van der Waals surface area contributed by atoms with Crippen molar-refractivity contribution in [3.8, 4) is 11.3 Å². The van der Waals surface area contributed by atoms with Gasteiger partial charge in [-0.1, -0.05) is 0 Å². The Labute approximate surface area is 165 Å². The van der Waals surface area contributed by atoms with E-state index in [2.05, 4.69) is 20.5 Å². The number of piperidine rings is 1. The zero-order chi connectivity index (χ0) is 20.1. The van der Waals surface area contributed by atoms with Crippen molar-refractivity contribution < 1.29 is 4.39 Å². The van der Waals surface area contributed by atoms with Gasteiger partial charge in [0.15, 0.2) is 11.2 Å². The summed E-state index contributed by atoms with van der Waals surface area (Å²) in [6, 6.07) is 6.16. The second-order valence-corrected chi connectivity index (χ2v) is 7.81. The van der Waals surface area contributed by atoms with Crippen LogP contribution in [0.3, 0.4) is 0 Å². The number of nitrogens with one attached hydrogen (secondary N) is 2. The molecular weight excluding hydrogens is 375 g/mol. The quantitative estimate of drug-likeness (QED) is 0.689. The average Bonchev–Trinajstić information content (AvgIpc) is 3.14. The van der Waals surface area contributed by atoms with Gasteiger partial charge in [0.2, 0.25) is 0 Å². The molecule has 2 aliphatic rings. The van der Waals surface area contributed by atoms with E-state index in [4.69, 9.17) is 0 Å². The van der Waals surface area contributed by atoms with Crippen molar-refractivity contribution in [3.63, 3.8) is 0 Å². The molecule has 2 bridgehead atoms. The molecule has 0 spiro atoms. The van der Waals surface area contributed by atoms with Crippen molar-refractivity contribution in [1.29, 1.82) is 0 Å². The molecule has 0 saturated carbocycles. The van der Waals surface area contributed by atoms with Crippen molar-refractivity contribution in [3.05, 3.63) is 57.2 Å². The van der Waals surface area contributed by atoms with E-state index in [0.717, 1.165) is 19.3 Å². The lowest BCUT2D eigenvalue weighted by molar-refractivity contribution is 0.176. The van der Waals surface area contributed by atoms with Crippen LogP contribution in [0, 0.1) is 0 Å². The van der Waals surface area contributed by atoms with Crippen LogP contribution >= 0.6 is 0 Å². The molecule has 3 aromatic rings. The maximum atomic E-state index is 14.8. The fourth-order valence-electron chi connectivity index (χ4n) is 4.47. The first-order valence-electron chi connectivity index (χ1n) is 9.72. The van der Waals surface area contributed by atoms with Gasteiger partial charge in [-0.15, -0.1) is 10.2 Å². The van der Waals surface area contributed by atoms with Crippen LogP contribution in [0.1, 0.15) is 19.3 Å². The zero-order valence-electron chi connectivity index (χ0n) is 15.9. The van der Waals surface area contributed by atoms with Crippen LogP contribution in [0.2, 0.25) is 0 Å². The number of hydrogen-bond donors (Lipinski definition) is 2. The minimum Gasteiger partial charge on any atom is -0.352 e. The van der Waals surface area contributed by atoms with Crippen LogP contribution < -0.4 is 21.2 Å². The highest BCUT2D eigenvalue weighted by atomic mass is 19.1. The third kappa shape index (κ3) is 3.02. The van der Waals surface area contributed by atoms with E-state index in [9.17, 15) is 14.0 Å². The van der Waals surface area contributed by atoms with E-state index in [1.807, 2.05) is 11.9 Å². The van der Waals surface area contributed by atoms with Crippen LogP contribution in [0.15, 0.2) is 46.2 Å². The van der Waals surface area contributed by atoms with E-state index in [1.54, 1.807) is 12.1 Å². The van der Waals surface area contributed by atoms with Gasteiger partial charge in [-0.2, -0.15) is 0 Å². The molecular formula is C20H21FN6O2. The van der Waals surface area contributed by atoms with Crippen molar-refractivity contribution in [2.45, 2.75) is 43.6 Å². The lowest BCUT2D eigenvalue weighted by Crippen LogP contribution is -2.55. The third-order valence-corrected chi connectivity index (χ3v) is 6.08. The average molecular weight is 396 g/mol. The van der Waals surface area contributed by atoms with Crippen LogP contribution in [-0.2, 0) is 0 Å². The summed E-state index contributed by atoms with van der Waals surface area (Å²) in [5.41, 5.74) is 0.543. The number of H-pyrrole nitrogens is 1. The first-order chi connectivity index (χ1) is 14.0. The summed E-state index contributed by atoms with van der Waals surface area (Å²) < 4.78 is 16.2. The summed E-state index contributed by atoms with van der Waals surface area (Å²) >= 11 is 0. The Bertz CT molecular complexity index is 1170. The molecule has 29 heavy (non-hydrogen) atoms. The Morgan fingerprint density at radius 3 is 2.86 bits per heavy atom. The van der Waals surface area contributed by atoms with E-state index in [1.165, 1.54) is 28.9 Å². The first kappa shape index (κ1) is 18.0. The molecule has 0 amide bonds. The minimum atomic E-state index is -0.961. The SMILES string of the molecule is CN(c1ccc(-c2cn3c(=O)cc[nH]c3cc2=O)nn1)[C@H]1CC2CCC(N2)[C@H]1F. The Balaban J connectivity index is 1.45. The Morgan fingerprint density at radius 2 is 2.07 bits per heavy atom. The number of rotatable bonds is 3. The van der Waals surface area contributed by atoms with Crippen LogP contribution in [-0.4, -0.2) is 50.9 Å². The fourth-order valence-corrected chi connectivity index (χ4v) is 4.47. The highest BCUT2D eigenvalue weighted by molar-refractivity contribution is 5.61. The number of anilines is 1. The Hall–Kier alpha value is -3.07. The van der Waals surface area contributed by atoms with Crippen LogP contribution in [0.4, 0.5) is 10.2 Å². The summed E-state index contributed by atoms with van der Waals surface area (Å²) in [6.07, 6.45) is 4.60. The molecule has 2 unspecified atom stereocenters. The van der Waals surface area contributed by atoms with Crippen molar-refractivity contribution >= 4 is 11.5 Å². The highest BCUT2D eigenvalue weighted by Gasteiger charge is 2.43. The van der Waals surface area contributed by atoms with Crippen molar-refractivity contribution in [2.75, 3.05) is 11.9 Å². The van der Waals surface area contributed by atoms with Crippen molar-refractivity contribution in [2.24, 2.45) is 0 Å². The normalized spacial score (nSPS) is 26.0. The lowest BCUT2D eigenvalue weighted by Gasteiger charge is -2.38. The standard InChI is InChI=1S/C20H21FN6O2/c1-26(15-8-11-2-3-14(23-11)20(15)21)17-5-4-13(24-25-17)12-10-27-18(9-16(12)28)22-7-6-19(27)29/h4-7,9-11,14-15,20,22-23H,2-3,8H2,1H3/t11?,14?,15-,20+/m0/s1. The molecule has 5 heterocycles. The highest BCUT2D eigenvalue weighted by Crippen LogP contribution is 2.33. The summed E-state index contributed by atoms with van der Waals surface area (Å²) in [6.45, 7) is 0. The van der Waals surface area contributed by atoms with E-state index in [0.29, 0.717) is 23.2 Å². The summed E-state index contributed by atoms with van der Waals surface area (Å²) in [4.78, 5) is 29.2. The maximum absolute atomic E-state index is 14.8. The van der Waals surface area contributed by atoms with Gasteiger partial charge in [-0.25, -0.2) is 4.39 Å². The molecule has 2 fully saturated rings. The molecule has 5 rings (SSSR count). The molecule has 8 nitrogen and oxygen atoms in total. The van der Waals surface area contributed by atoms with Crippen molar-refractivity contribution in [1.82, 2.24) is 24.9 Å². The first-order valence-corrected chi connectivity index (χ1v) is 9.72. The van der Waals surface area contributed by atoms with Gasteiger partial charge < -0.3 is 15.2 Å². The van der Waals surface area contributed by atoms with Gasteiger partial charge >= 0.3 is 0 Å². The van der Waals surface area contributed by atoms with Gasteiger partial charge in [0.25, 0.3) is 5.56 Å². The van der Waals surface area contributed by atoms with Gasteiger partial charge in [0, 0.05) is 43.7 Å². The number of nitrogens with zero attached hydrogens (tertiary/aromatic N) is 4. The molecule has 0 aromatic carbocycles. The molecule has 0 aliphatic carbocycles. The largest absolute Gasteiger partial charge is 0.352 e. The van der Waals surface area contributed by atoms with E-state index < -0.39 is 6.17 Å².